The van der Waals surface area contributed by atoms with Crippen LogP contribution in [0.1, 0.15) is 32.1 Å². The number of nitro groups is 1. The SMILES string of the molecule is O=C(COC(=O)CCCC[C@H]1CCSS1)Nc1cccc([N+](=O)[O-])c1. The van der Waals surface area contributed by atoms with Crippen molar-refractivity contribution in [3.05, 3.63) is 34.4 Å². The normalized spacial score (nSPS) is 16.4. The molecule has 1 aromatic rings. The molecule has 0 bridgehead atoms. The Balaban J connectivity index is 1.61. The zero-order chi connectivity index (χ0) is 18.1. The first kappa shape index (κ1) is 19.6. The third kappa shape index (κ3) is 7.35. The van der Waals surface area contributed by atoms with Crippen molar-refractivity contribution in [3.63, 3.8) is 0 Å². The molecule has 0 radical (unpaired) electrons. The Labute approximate surface area is 153 Å². The minimum atomic E-state index is -0.543. The van der Waals surface area contributed by atoms with Gasteiger partial charge in [-0.1, -0.05) is 34.1 Å². The molecule has 1 amide bonds. The molecule has 2 rings (SSSR count). The van der Waals surface area contributed by atoms with Gasteiger partial charge in [-0.3, -0.25) is 19.7 Å². The molecule has 1 atom stereocenters. The first-order valence-corrected chi connectivity index (χ1v) is 10.4. The maximum atomic E-state index is 11.7. The van der Waals surface area contributed by atoms with Gasteiger partial charge in [0.2, 0.25) is 0 Å². The highest BCUT2D eigenvalue weighted by Crippen LogP contribution is 2.39. The monoisotopic (exact) mass is 384 g/mol. The number of nitrogens with one attached hydrogen (secondary N) is 1. The van der Waals surface area contributed by atoms with Crippen LogP contribution in [-0.2, 0) is 14.3 Å². The predicted molar refractivity (Wildman–Crippen MR) is 99.6 cm³/mol. The van der Waals surface area contributed by atoms with E-state index in [1.165, 1.54) is 36.4 Å². The molecule has 0 unspecified atom stereocenters. The van der Waals surface area contributed by atoms with Gasteiger partial charge in [-0.05, 0) is 25.3 Å². The summed E-state index contributed by atoms with van der Waals surface area (Å²) in [6, 6.07) is 5.59. The zero-order valence-electron chi connectivity index (χ0n) is 13.6. The highest BCUT2D eigenvalue weighted by atomic mass is 33.1. The maximum Gasteiger partial charge on any atom is 0.306 e. The molecular weight excluding hydrogens is 364 g/mol. The van der Waals surface area contributed by atoms with Gasteiger partial charge in [-0.25, -0.2) is 0 Å². The second kappa shape index (κ2) is 10.3. The van der Waals surface area contributed by atoms with Crippen LogP contribution in [-0.4, -0.2) is 34.4 Å². The molecule has 0 spiro atoms. The van der Waals surface area contributed by atoms with Crippen LogP contribution in [0, 0.1) is 10.1 Å². The minimum Gasteiger partial charge on any atom is -0.456 e. The van der Waals surface area contributed by atoms with E-state index >= 15 is 0 Å². The van der Waals surface area contributed by atoms with E-state index in [-0.39, 0.29) is 5.69 Å². The number of rotatable bonds is 9. The molecule has 1 heterocycles. The van der Waals surface area contributed by atoms with Crippen molar-refractivity contribution in [2.24, 2.45) is 0 Å². The summed E-state index contributed by atoms with van der Waals surface area (Å²) in [5.41, 5.74) is 0.177. The molecule has 7 nitrogen and oxygen atoms in total. The molecule has 1 aromatic carbocycles. The molecule has 0 saturated carbocycles. The number of nitrogens with zero attached hydrogens (tertiary/aromatic N) is 1. The van der Waals surface area contributed by atoms with Crippen molar-refractivity contribution in [2.45, 2.75) is 37.4 Å². The Morgan fingerprint density at radius 2 is 2.20 bits per heavy atom. The number of nitro benzene ring substituents is 1. The number of benzene rings is 1. The second-order valence-corrected chi connectivity index (χ2v) is 8.38. The van der Waals surface area contributed by atoms with Crippen LogP contribution in [0.3, 0.4) is 0 Å². The number of carbonyl (C=O) groups excluding carboxylic acids is 2. The molecule has 1 fully saturated rings. The number of amides is 1. The van der Waals surface area contributed by atoms with E-state index in [9.17, 15) is 19.7 Å². The lowest BCUT2D eigenvalue weighted by Gasteiger charge is -2.08. The fraction of sp³-hybridized carbons (Fsp3) is 0.500. The van der Waals surface area contributed by atoms with E-state index in [1.807, 2.05) is 21.6 Å². The van der Waals surface area contributed by atoms with Crippen molar-refractivity contribution in [1.82, 2.24) is 0 Å². The Morgan fingerprint density at radius 1 is 1.36 bits per heavy atom. The summed E-state index contributed by atoms with van der Waals surface area (Å²) >= 11 is 0. The van der Waals surface area contributed by atoms with E-state index in [4.69, 9.17) is 4.74 Å². The number of unbranched alkanes of at least 4 members (excludes halogenated alkanes) is 1. The number of esters is 1. The average Bonchev–Trinajstić information content (AvgIpc) is 3.10. The van der Waals surface area contributed by atoms with Crippen molar-refractivity contribution in [3.8, 4) is 0 Å². The summed E-state index contributed by atoms with van der Waals surface area (Å²) in [5, 5.41) is 13.9. The molecule has 1 N–H and O–H groups in total. The van der Waals surface area contributed by atoms with Crippen LogP contribution in [0.5, 0.6) is 0 Å². The lowest BCUT2D eigenvalue weighted by Crippen LogP contribution is -2.20. The standard InChI is InChI=1S/C16H20N2O5S2/c19-15(17-12-4-3-5-13(10-12)18(21)22)11-23-16(20)7-2-1-6-14-8-9-24-25-14/h3-5,10,14H,1-2,6-9,11H2,(H,17,19)/t14-/m0/s1. The fourth-order valence-corrected chi connectivity index (χ4v) is 5.35. The molecule has 1 aliphatic heterocycles. The summed E-state index contributed by atoms with van der Waals surface area (Å²) < 4.78 is 4.93. The van der Waals surface area contributed by atoms with E-state index in [0.717, 1.165) is 19.3 Å². The predicted octanol–water partition coefficient (Wildman–Crippen LogP) is 3.79. The minimum absolute atomic E-state index is 0.117. The van der Waals surface area contributed by atoms with Crippen LogP contribution in [0.2, 0.25) is 0 Å². The van der Waals surface area contributed by atoms with Gasteiger partial charge >= 0.3 is 5.97 Å². The number of hydrogen-bond acceptors (Lipinski definition) is 7. The Hall–Kier alpha value is -1.74. The van der Waals surface area contributed by atoms with Gasteiger partial charge in [0.25, 0.3) is 11.6 Å². The quantitative estimate of drug-likeness (QED) is 0.227. The lowest BCUT2D eigenvalue weighted by molar-refractivity contribution is -0.384. The van der Waals surface area contributed by atoms with Crippen molar-refractivity contribution in [2.75, 3.05) is 17.7 Å². The average molecular weight is 384 g/mol. The Bertz CT molecular complexity index is 620. The molecule has 0 aromatic heterocycles. The Kier molecular flexibility index (Phi) is 8.07. The van der Waals surface area contributed by atoms with Gasteiger partial charge in [-0.15, -0.1) is 0 Å². The third-order valence-electron chi connectivity index (χ3n) is 3.59. The van der Waals surface area contributed by atoms with Gasteiger partial charge in [0.15, 0.2) is 6.61 Å². The molecule has 9 heteroatoms. The van der Waals surface area contributed by atoms with Crippen LogP contribution < -0.4 is 5.32 Å². The summed E-state index contributed by atoms with van der Waals surface area (Å²) in [5.74, 6) is 0.285. The topological polar surface area (TPSA) is 98.5 Å². The lowest BCUT2D eigenvalue weighted by atomic mass is 10.1. The third-order valence-corrected chi connectivity index (χ3v) is 6.60. The molecule has 25 heavy (non-hydrogen) atoms. The maximum absolute atomic E-state index is 11.7. The summed E-state index contributed by atoms with van der Waals surface area (Å²) in [6.07, 6.45) is 4.38. The summed E-state index contributed by atoms with van der Waals surface area (Å²) in [7, 11) is 3.83. The van der Waals surface area contributed by atoms with E-state index < -0.39 is 23.4 Å². The summed E-state index contributed by atoms with van der Waals surface area (Å²) in [4.78, 5) is 33.5. The van der Waals surface area contributed by atoms with Gasteiger partial charge in [0.05, 0.1) is 4.92 Å². The Morgan fingerprint density at radius 3 is 2.92 bits per heavy atom. The fourth-order valence-electron chi connectivity index (χ4n) is 2.32. The molecular formula is C16H20N2O5S2. The van der Waals surface area contributed by atoms with Gasteiger partial charge in [-0.2, -0.15) is 0 Å². The smallest absolute Gasteiger partial charge is 0.306 e. The number of hydrogen-bond donors (Lipinski definition) is 1. The zero-order valence-corrected chi connectivity index (χ0v) is 15.3. The first-order valence-electron chi connectivity index (χ1n) is 8.03. The largest absolute Gasteiger partial charge is 0.456 e. The highest BCUT2D eigenvalue weighted by Gasteiger charge is 2.16. The van der Waals surface area contributed by atoms with Gasteiger partial charge < -0.3 is 10.1 Å². The van der Waals surface area contributed by atoms with Gasteiger partial charge in [0.1, 0.15) is 0 Å². The first-order chi connectivity index (χ1) is 12.0. The van der Waals surface area contributed by atoms with E-state index in [0.29, 0.717) is 17.4 Å². The van der Waals surface area contributed by atoms with Crippen LogP contribution >= 0.6 is 21.6 Å². The van der Waals surface area contributed by atoms with Crippen molar-refractivity contribution >= 4 is 44.8 Å². The van der Waals surface area contributed by atoms with Crippen LogP contribution in [0.4, 0.5) is 11.4 Å². The number of carbonyl (C=O) groups is 2. The summed E-state index contributed by atoms with van der Waals surface area (Å²) in [6.45, 7) is -0.392. The van der Waals surface area contributed by atoms with Crippen molar-refractivity contribution in [1.29, 1.82) is 0 Å². The molecule has 1 aliphatic rings. The van der Waals surface area contributed by atoms with Gasteiger partial charge in [0, 0.05) is 35.2 Å². The highest BCUT2D eigenvalue weighted by molar-refractivity contribution is 8.77. The van der Waals surface area contributed by atoms with E-state index in [1.54, 1.807) is 0 Å². The molecule has 136 valence electrons. The number of anilines is 1. The molecule has 0 aliphatic carbocycles. The number of non-ortho nitro benzene ring substituents is 1. The van der Waals surface area contributed by atoms with Crippen LogP contribution in [0.25, 0.3) is 0 Å². The van der Waals surface area contributed by atoms with E-state index in [2.05, 4.69) is 5.32 Å². The molecule has 1 saturated heterocycles. The van der Waals surface area contributed by atoms with Crippen LogP contribution in [0.15, 0.2) is 24.3 Å². The van der Waals surface area contributed by atoms with Crippen molar-refractivity contribution < 1.29 is 19.2 Å². The number of ether oxygens (including phenoxy) is 1. The second-order valence-electron chi connectivity index (χ2n) is 5.59.